The zero-order chi connectivity index (χ0) is 28.2. The number of aromatic nitrogens is 1. The van der Waals surface area contributed by atoms with Gasteiger partial charge in [-0.05, 0) is 60.6 Å². The van der Waals surface area contributed by atoms with Gasteiger partial charge in [-0.25, -0.2) is 4.79 Å². The van der Waals surface area contributed by atoms with E-state index in [1.165, 1.54) is 19.9 Å². The van der Waals surface area contributed by atoms with Gasteiger partial charge in [-0.1, -0.05) is 38.1 Å². The lowest BCUT2D eigenvalue weighted by Gasteiger charge is -2.25. The summed E-state index contributed by atoms with van der Waals surface area (Å²) < 4.78 is 99.0. The number of hydrogen-bond acceptors (Lipinski definition) is 3. The number of para-hydroxylation sites is 1. The van der Waals surface area contributed by atoms with Gasteiger partial charge >= 0.3 is 23.7 Å². The van der Waals surface area contributed by atoms with E-state index < -0.39 is 40.4 Å². The Labute approximate surface area is 233 Å². The normalized spacial score (nSPS) is 17.8. The zero-order valence-electron chi connectivity index (χ0n) is 20.7. The monoisotopic (exact) mass is 667 g/mol. The van der Waals surface area contributed by atoms with Gasteiger partial charge in [0.25, 0.3) is 0 Å². The van der Waals surface area contributed by atoms with Crippen molar-refractivity contribution in [1.82, 2.24) is 4.57 Å². The molecule has 0 bridgehead atoms. The lowest BCUT2D eigenvalue weighted by Crippen LogP contribution is -2.49. The summed E-state index contributed by atoms with van der Waals surface area (Å²) in [6, 6.07) is 7.49. The van der Waals surface area contributed by atoms with Crippen LogP contribution in [0.1, 0.15) is 47.6 Å². The van der Waals surface area contributed by atoms with Crippen molar-refractivity contribution in [2.45, 2.75) is 64.5 Å². The van der Waals surface area contributed by atoms with Gasteiger partial charge in [0.2, 0.25) is 0 Å². The zero-order valence-corrected chi connectivity index (χ0v) is 23.7. The third-order valence-electron chi connectivity index (χ3n) is 6.49. The smallest absolute Gasteiger partial charge is 0.380 e. The van der Waals surface area contributed by atoms with Crippen LogP contribution < -0.4 is 0 Å². The second kappa shape index (κ2) is 10.0. The van der Waals surface area contributed by atoms with E-state index in [-0.39, 0.29) is 36.6 Å². The fourth-order valence-electron chi connectivity index (χ4n) is 4.58. The molecule has 38 heavy (non-hydrogen) atoms. The lowest BCUT2D eigenvalue weighted by atomic mass is 9.94. The Hall–Kier alpha value is -2.28. The maximum Gasteiger partial charge on any atom is 0.380 e. The van der Waals surface area contributed by atoms with Crippen molar-refractivity contribution in [3.8, 4) is 0 Å². The standard InChI is InChI=1S/C27H24F6INO2S/c1-5-6-11-35-19-10-8-7-9-17(19)20(23(35)34)22-21(25(28,29)27(32,33)26(22,30)31)18-12-16(38-15(18)4)13-37-24(36)14(2)3/h7-10,12H,2,5-6,11,13H2,1,3-4H3. The number of esters is 1. The number of halogens is 7. The summed E-state index contributed by atoms with van der Waals surface area (Å²) in [6.45, 7) is 8.27. The topological polar surface area (TPSA) is 31.2 Å². The van der Waals surface area contributed by atoms with E-state index in [1.807, 2.05) is 6.92 Å². The predicted octanol–water partition coefficient (Wildman–Crippen LogP) is 8.87. The van der Waals surface area contributed by atoms with E-state index in [1.54, 1.807) is 45.4 Å². The maximum absolute atomic E-state index is 15.6. The van der Waals surface area contributed by atoms with Crippen molar-refractivity contribution >= 4 is 61.9 Å². The highest BCUT2D eigenvalue weighted by Gasteiger charge is 2.80. The summed E-state index contributed by atoms with van der Waals surface area (Å²) in [4.78, 5) is 12.1. The molecule has 3 nitrogen and oxygen atoms in total. The number of unbranched alkanes of at least 4 members (excludes halogenated alkanes) is 1. The van der Waals surface area contributed by atoms with Crippen LogP contribution in [-0.4, -0.2) is 28.3 Å². The molecule has 0 amide bonds. The first-order valence-electron chi connectivity index (χ1n) is 11.8. The van der Waals surface area contributed by atoms with E-state index >= 15 is 17.6 Å². The van der Waals surface area contributed by atoms with E-state index in [0.29, 0.717) is 18.5 Å². The first-order valence-corrected chi connectivity index (χ1v) is 13.7. The van der Waals surface area contributed by atoms with E-state index in [9.17, 15) is 13.6 Å². The van der Waals surface area contributed by atoms with Crippen LogP contribution in [0, 0.1) is 10.6 Å². The molecular formula is C27H24F6INO2S. The van der Waals surface area contributed by atoms with E-state index in [2.05, 4.69) is 6.58 Å². The van der Waals surface area contributed by atoms with Crippen molar-refractivity contribution in [3.05, 3.63) is 67.1 Å². The molecule has 204 valence electrons. The van der Waals surface area contributed by atoms with Crippen molar-refractivity contribution in [1.29, 1.82) is 0 Å². The van der Waals surface area contributed by atoms with Crippen molar-refractivity contribution in [3.63, 3.8) is 0 Å². The molecule has 1 aromatic carbocycles. The van der Waals surface area contributed by atoms with Crippen molar-refractivity contribution in [2.75, 3.05) is 0 Å². The highest BCUT2D eigenvalue weighted by molar-refractivity contribution is 14.1. The molecule has 1 aliphatic rings. The van der Waals surface area contributed by atoms with Crippen LogP contribution in [0.5, 0.6) is 0 Å². The Kier molecular flexibility index (Phi) is 7.59. The molecular weight excluding hydrogens is 643 g/mol. The maximum atomic E-state index is 15.6. The number of rotatable bonds is 8. The van der Waals surface area contributed by atoms with Crippen LogP contribution in [0.25, 0.3) is 22.0 Å². The van der Waals surface area contributed by atoms with Gasteiger partial charge < -0.3 is 9.30 Å². The number of nitrogens with zero attached hydrogens (tertiary/aromatic N) is 1. The molecule has 0 fully saturated rings. The van der Waals surface area contributed by atoms with Crippen molar-refractivity contribution in [2.24, 2.45) is 0 Å². The van der Waals surface area contributed by atoms with Crippen LogP contribution in [0.3, 0.4) is 0 Å². The number of thiophene rings is 1. The lowest BCUT2D eigenvalue weighted by molar-refractivity contribution is -0.254. The van der Waals surface area contributed by atoms with Crippen LogP contribution in [0.2, 0.25) is 0 Å². The van der Waals surface area contributed by atoms with Gasteiger partial charge in [0, 0.05) is 49.5 Å². The SMILES string of the molecule is C=C(C)C(=O)OCc1cc(C2=C(c3c(I)n(CCCC)c4ccccc34)C(F)(F)C(F)(F)C2(F)F)c(C)s1. The number of ether oxygens (including phenoxy) is 1. The minimum Gasteiger partial charge on any atom is -0.457 e. The molecule has 2 aromatic heterocycles. The molecule has 1 aliphatic carbocycles. The average molecular weight is 667 g/mol. The first kappa shape index (κ1) is 28.7. The number of aryl methyl sites for hydroxylation is 2. The van der Waals surface area contributed by atoms with Crippen LogP contribution in [-0.2, 0) is 22.7 Å². The van der Waals surface area contributed by atoms with E-state index in [4.69, 9.17) is 4.74 Å². The predicted molar refractivity (Wildman–Crippen MR) is 145 cm³/mol. The highest BCUT2D eigenvalue weighted by atomic mass is 127. The molecule has 0 atom stereocenters. The molecule has 0 radical (unpaired) electrons. The number of benzene rings is 1. The summed E-state index contributed by atoms with van der Waals surface area (Å²) in [5, 5.41) is 0.192. The fraction of sp³-hybridized carbons (Fsp3) is 0.370. The van der Waals surface area contributed by atoms with Gasteiger partial charge in [0.1, 0.15) is 6.61 Å². The Morgan fingerprint density at radius 2 is 1.74 bits per heavy atom. The summed E-state index contributed by atoms with van der Waals surface area (Å²) in [7, 11) is 0. The molecule has 3 aromatic rings. The third-order valence-corrected chi connectivity index (χ3v) is 8.64. The number of carbonyl (C=O) groups excluding carboxylic acids is 1. The number of carbonyl (C=O) groups is 1. The molecule has 11 heteroatoms. The number of allylic oxidation sites excluding steroid dienone is 2. The van der Waals surface area contributed by atoms with Crippen LogP contribution >= 0.6 is 33.9 Å². The second-order valence-electron chi connectivity index (χ2n) is 9.20. The molecule has 4 rings (SSSR count). The summed E-state index contributed by atoms with van der Waals surface area (Å²) in [5.41, 5.74) is -2.93. The molecule has 0 aliphatic heterocycles. The quantitative estimate of drug-likeness (QED) is 0.104. The number of hydrogen-bond donors (Lipinski definition) is 0. The van der Waals surface area contributed by atoms with Gasteiger partial charge in [0.15, 0.2) is 0 Å². The largest absolute Gasteiger partial charge is 0.457 e. The molecule has 0 saturated carbocycles. The molecule has 2 heterocycles. The van der Waals surface area contributed by atoms with Crippen LogP contribution in [0.15, 0.2) is 42.5 Å². The van der Waals surface area contributed by atoms with Gasteiger partial charge in [-0.3, -0.25) is 0 Å². The van der Waals surface area contributed by atoms with Gasteiger partial charge in [-0.2, -0.15) is 26.3 Å². The Balaban J connectivity index is 2.02. The van der Waals surface area contributed by atoms with Gasteiger partial charge in [-0.15, -0.1) is 11.3 Å². The third kappa shape index (κ3) is 4.29. The first-order chi connectivity index (χ1) is 17.7. The number of fused-ring (bicyclic) bond motifs is 1. The van der Waals surface area contributed by atoms with E-state index in [0.717, 1.165) is 23.8 Å². The van der Waals surface area contributed by atoms with Crippen LogP contribution in [0.4, 0.5) is 26.3 Å². The average Bonchev–Trinajstić information content (AvgIpc) is 3.37. The highest BCUT2D eigenvalue weighted by Crippen LogP contribution is 2.66. The van der Waals surface area contributed by atoms with Gasteiger partial charge in [0.05, 0.1) is 3.70 Å². The summed E-state index contributed by atoms with van der Waals surface area (Å²) in [5.74, 6) is -16.7. The Morgan fingerprint density at radius 3 is 2.37 bits per heavy atom. The summed E-state index contributed by atoms with van der Waals surface area (Å²) >= 11 is 2.68. The minimum absolute atomic E-state index is 0.110. The minimum atomic E-state index is -5.67. The van der Waals surface area contributed by atoms with Crippen molar-refractivity contribution < 1.29 is 35.9 Å². The molecule has 0 N–H and O–H groups in total. The molecule has 0 unspecified atom stereocenters. The molecule has 0 saturated heterocycles. The Morgan fingerprint density at radius 1 is 1.11 bits per heavy atom. The summed E-state index contributed by atoms with van der Waals surface area (Å²) in [6.07, 6.45) is 1.46. The second-order valence-corrected chi connectivity index (χ2v) is 11.6. The number of alkyl halides is 6. The fourth-order valence-corrected chi connectivity index (χ4v) is 6.60. The Bertz CT molecular complexity index is 1470. The molecule has 0 spiro atoms.